The average molecular weight is 293 g/mol. The maximum Gasteiger partial charge on any atom is 0.248 e. The predicted octanol–water partition coefficient (Wildman–Crippen LogP) is 1.00. The number of carbonyl (C=O) groups is 1. The number of aromatic nitrogens is 1. The van der Waals surface area contributed by atoms with Crippen LogP contribution in [0.2, 0.25) is 0 Å². The van der Waals surface area contributed by atoms with Crippen molar-refractivity contribution in [3.05, 3.63) is 23.5 Å². The van der Waals surface area contributed by atoms with E-state index >= 15 is 0 Å². The van der Waals surface area contributed by atoms with Crippen LogP contribution in [0.25, 0.3) is 0 Å². The molecule has 1 fully saturated rings. The monoisotopic (exact) mass is 293 g/mol. The third-order valence-corrected chi connectivity index (χ3v) is 3.49. The van der Waals surface area contributed by atoms with Gasteiger partial charge in [0, 0.05) is 39.1 Å². The first-order valence-corrected chi connectivity index (χ1v) is 7.05. The molecule has 0 spiro atoms. The smallest absolute Gasteiger partial charge is 0.248 e. The summed E-state index contributed by atoms with van der Waals surface area (Å²) in [6.45, 7) is 3.72. The molecule has 2 rings (SSSR count). The van der Waals surface area contributed by atoms with Crippen molar-refractivity contribution in [3.8, 4) is 0 Å². The Kier molecular flexibility index (Phi) is 5.14. The number of amides is 1. The summed E-state index contributed by atoms with van der Waals surface area (Å²) >= 11 is 0. The highest BCUT2D eigenvalue weighted by Gasteiger charge is 2.26. The van der Waals surface area contributed by atoms with Gasteiger partial charge in [0.05, 0.1) is 18.8 Å². The van der Waals surface area contributed by atoms with E-state index in [0.717, 1.165) is 17.1 Å². The van der Waals surface area contributed by atoms with Gasteiger partial charge in [-0.1, -0.05) is 0 Å². The summed E-state index contributed by atoms with van der Waals surface area (Å²) in [5, 5.41) is 0. The first-order chi connectivity index (χ1) is 10.0. The molecule has 6 heteroatoms. The summed E-state index contributed by atoms with van der Waals surface area (Å²) < 4.78 is 10.7. The molecule has 1 saturated heterocycles. The summed E-state index contributed by atoms with van der Waals surface area (Å²) in [4.78, 5) is 20.3. The van der Waals surface area contributed by atoms with Gasteiger partial charge in [-0.05, 0) is 19.1 Å². The Bertz CT molecular complexity index is 505. The molecule has 0 aliphatic carbocycles. The van der Waals surface area contributed by atoms with Crippen LogP contribution in [0.4, 0.5) is 5.69 Å². The fourth-order valence-corrected chi connectivity index (χ4v) is 2.37. The number of methoxy groups -OCH3 is 1. The van der Waals surface area contributed by atoms with Gasteiger partial charge in [-0.25, -0.2) is 0 Å². The lowest BCUT2D eigenvalue weighted by atomic mass is 10.1. The minimum atomic E-state index is -0.182. The van der Waals surface area contributed by atoms with Gasteiger partial charge >= 0.3 is 0 Å². The maximum absolute atomic E-state index is 11.9. The molecule has 1 aromatic heterocycles. The lowest BCUT2D eigenvalue weighted by molar-refractivity contribution is -0.143. The number of anilines is 1. The van der Waals surface area contributed by atoms with Crippen molar-refractivity contribution in [1.82, 2.24) is 9.88 Å². The predicted molar refractivity (Wildman–Crippen MR) is 80.5 cm³/mol. The standard InChI is InChI=1S/C15H23N3O3/c1-11-7-12(17(2)3)8-13(16-11)14-9-18(5-6-21-14)15(19)10-20-4/h7-8,14H,5-6,9-10H2,1-4H3/t14-/m1/s1. The van der Waals surface area contributed by atoms with Crippen LogP contribution >= 0.6 is 0 Å². The second-order valence-electron chi connectivity index (χ2n) is 5.42. The fourth-order valence-electron chi connectivity index (χ4n) is 2.37. The molecule has 6 nitrogen and oxygen atoms in total. The van der Waals surface area contributed by atoms with Crippen molar-refractivity contribution in [2.45, 2.75) is 13.0 Å². The number of ether oxygens (including phenoxy) is 2. The van der Waals surface area contributed by atoms with E-state index in [0.29, 0.717) is 19.7 Å². The molecule has 0 unspecified atom stereocenters. The Morgan fingerprint density at radius 1 is 1.52 bits per heavy atom. The van der Waals surface area contributed by atoms with Gasteiger partial charge in [0.1, 0.15) is 12.7 Å². The number of morpholine rings is 1. The molecule has 0 saturated carbocycles. The van der Waals surface area contributed by atoms with Crippen molar-refractivity contribution in [1.29, 1.82) is 0 Å². The van der Waals surface area contributed by atoms with Gasteiger partial charge in [0.25, 0.3) is 0 Å². The van der Waals surface area contributed by atoms with E-state index in [2.05, 4.69) is 4.98 Å². The zero-order chi connectivity index (χ0) is 15.4. The molecule has 1 aromatic rings. The number of rotatable bonds is 4. The van der Waals surface area contributed by atoms with Crippen LogP contribution in [0.1, 0.15) is 17.5 Å². The molecular weight excluding hydrogens is 270 g/mol. The topological polar surface area (TPSA) is 54.9 Å². The van der Waals surface area contributed by atoms with E-state index in [-0.39, 0.29) is 18.6 Å². The van der Waals surface area contributed by atoms with Crippen molar-refractivity contribution in [3.63, 3.8) is 0 Å². The largest absolute Gasteiger partial charge is 0.378 e. The van der Waals surface area contributed by atoms with E-state index in [1.807, 2.05) is 38.1 Å². The first-order valence-electron chi connectivity index (χ1n) is 7.05. The first kappa shape index (κ1) is 15.7. The third kappa shape index (κ3) is 3.92. The van der Waals surface area contributed by atoms with E-state index in [1.165, 1.54) is 7.11 Å². The fraction of sp³-hybridized carbons (Fsp3) is 0.600. The van der Waals surface area contributed by atoms with E-state index in [9.17, 15) is 4.79 Å². The highest BCUT2D eigenvalue weighted by atomic mass is 16.5. The Labute approximate surface area is 125 Å². The second-order valence-corrected chi connectivity index (χ2v) is 5.42. The summed E-state index contributed by atoms with van der Waals surface area (Å²) in [6, 6.07) is 4.04. The maximum atomic E-state index is 11.9. The number of pyridine rings is 1. The summed E-state index contributed by atoms with van der Waals surface area (Å²) in [5.41, 5.74) is 2.90. The third-order valence-electron chi connectivity index (χ3n) is 3.49. The second kappa shape index (κ2) is 6.87. The van der Waals surface area contributed by atoms with Gasteiger partial charge < -0.3 is 19.3 Å². The van der Waals surface area contributed by atoms with Gasteiger partial charge in [-0.15, -0.1) is 0 Å². The zero-order valence-corrected chi connectivity index (χ0v) is 13.1. The molecule has 1 atom stereocenters. The Hall–Kier alpha value is -1.66. The minimum Gasteiger partial charge on any atom is -0.378 e. The molecule has 21 heavy (non-hydrogen) atoms. The molecule has 2 heterocycles. The minimum absolute atomic E-state index is 0.00807. The van der Waals surface area contributed by atoms with Crippen LogP contribution in [0.5, 0.6) is 0 Å². The van der Waals surface area contributed by atoms with Crippen LogP contribution in [0.15, 0.2) is 12.1 Å². The molecular formula is C15H23N3O3. The molecule has 1 amide bonds. The van der Waals surface area contributed by atoms with Crippen molar-refractivity contribution in [2.24, 2.45) is 0 Å². The van der Waals surface area contributed by atoms with Crippen LogP contribution in [0, 0.1) is 6.92 Å². The molecule has 1 aliphatic rings. The molecule has 0 N–H and O–H groups in total. The van der Waals surface area contributed by atoms with E-state index in [4.69, 9.17) is 9.47 Å². The molecule has 0 aromatic carbocycles. The zero-order valence-electron chi connectivity index (χ0n) is 13.1. The Morgan fingerprint density at radius 2 is 2.29 bits per heavy atom. The lowest BCUT2D eigenvalue weighted by Gasteiger charge is -2.33. The molecule has 1 aliphatic heterocycles. The number of hydrogen-bond donors (Lipinski definition) is 0. The highest BCUT2D eigenvalue weighted by Crippen LogP contribution is 2.24. The van der Waals surface area contributed by atoms with Crippen LogP contribution in [0.3, 0.4) is 0 Å². The average Bonchev–Trinajstić information content (AvgIpc) is 2.47. The van der Waals surface area contributed by atoms with Gasteiger partial charge in [0.2, 0.25) is 5.91 Å². The van der Waals surface area contributed by atoms with Crippen molar-refractivity contribution >= 4 is 11.6 Å². The van der Waals surface area contributed by atoms with E-state index in [1.54, 1.807) is 4.90 Å². The number of aryl methyl sites for hydroxylation is 1. The van der Waals surface area contributed by atoms with Crippen molar-refractivity contribution < 1.29 is 14.3 Å². The quantitative estimate of drug-likeness (QED) is 0.829. The molecule has 116 valence electrons. The number of hydrogen-bond acceptors (Lipinski definition) is 5. The van der Waals surface area contributed by atoms with Crippen LogP contribution in [-0.2, 0) is 14.3 Å². The Balaban J connectivity index is 2.16. The number of nitrogens with zero attached hydrogens (tertiary/aromatic N) is 3. The SMILES string of the molecule is COCC(=O)N1CCO[C@@H](c2cc(N(C)C)cc(C)n2)C1. The van der Waals surface area contributed by atoms with Gasteiger partial charge in [-0.3, -0.25) is 9.78 Å². The van der Waals surface area contributed by atoms with Crippen LogP contribution in [-0.4, -0.2) is 63.3 Å². The van der Waals surface area contributed by atoms with Crippen LogP contribution < -0.4 is 4.90 Å². The number of carbonyl (C=O) groups excluding carboxylic acids is 1. The van der Waals surface area contributed by atoms with Gasteiger partial charge in [0.15, 0.2) is 0 Å². The summed E-state index contributed by atoms with van der Waals surface area (Å²) in [7, 11) is 5.52. The molecule has 0 radical (unpaired) electrons. The summed E-state index contributed by atoms with van der Waals surface area (Å²) in [5.74, 6) is -0.00807. The van der Waals surface area contributed by atoms with E-state index < -0.39 is 0 Å². The Morgan fingerprint density at radius 3 is 2.95 bits per heavy atom. The molecule has 0 bridgehead atoms. The lowest BCUT2D eigenvalue weighted by Crippen LogP contribution is -2.44. The highest BCUT2D eigenvalue weighted by molar-refractivity contribution is 5.77. The normalized spacial score (nSPS) is 18.7. The van der Waals surface area contributed by atoms with Gasteiger partial charge in [-0.2, -0.15) is 0 Å². The summed E-state index contributed by atoms with van der Waals surface area (Å²) in [6.07, 6.45) is -0.182. The van der Waals surface area contributed by atoms with Crippen molar-refractivity contribution in [2.75, 3.05) is 52.4 Å².